The number of primary sulfonamides is 1. The monoisotopic (exact) mass is 405 g/mol. The van der Waals surface area contributed by atoms with E-state index in [0.29, 0.717) is 0 Å². The number of rotatable bonds is 5. The van der Waals surface area contributed by atoms with E-state index >= 15 is 0 Å². The predicted molar refractivity (Wildman–Crippen MR) is 108 cm³/mol. The second-order valence-corrected chi connectivity index (χ2v) is 9.38. The lowest BCUT2D eigenvalue weighted by molar-refractivity contribution is 0.0467. The Morgan fingerprint density at radius 2 is 1.64 bits per heavy atom. The molecule has 0 aliphatic carbocycles. The molecule has 0 atom stereocenters. The molecule has 0 bridgehead atoms. The zero-order valence-electron chi connectivity index (χ0n) is 17.1. The van der Waals surface area contributed by atoms with E-state index in [0.717, 1.165) is 16.7 Å². The maximum atomic E-state index is 12.6. The summed E-state index contributed by atoms with van der Waals surface area (Å²) in [4.78, 5) is 12.4. The Bertz CT molecular complexity index is 981. The van der Waals surface area contributed by atoms with Crippen LogP contribution in [0.3, 0.4) is 0 Å². The summed E-state index contributed by atoms with van der Waals surface area (Å²) >= 11 is 0. The lowest BCUT2D eigenvalue weighted by Gasteiger charge is -2.22. The van der Waals surface area contributed by atoms with Gasteiger partial charge < -0.3 is 9.47 Å². The first-order chi connectivity index (χ1) is 12.8. The molecule has 2 N–H and O–H groups in total. The third-order valence-electron chi connectivity index (χ3n) is 4.63. The minimum absolute atomic E-state index is 0.00985. The number of aryl methyl sites for hydroxylation is 2. The van der Waals surface area contributed by atoms with E-state index in [9.17, 15) is 13.2 Å². The standard InChI is InChI=1S/C21H27NO5S/c1-13-9-15(21(3,4)5)10-14(2)18(13)12-27-20(23)17-11-16(28(22,24)25)7-8-19(17)26-6/h7-11H,12H2,1-6H3,(H2,22,24,25). The van der Waals surface area contributed by atoms with Gasteiger partial charge >= 0.3 is 5.97 Å². The normalized spacial score (nSPS) is 12.0. The summed E-state index contributed by atoms with van der Waals surface area (Å²) in [5.41, 5.74) is 4.22. The Morgan fingerprint density at radius 3 is 2.11 bits per heavy atom. The maximum Gasteiger partial charge on any atom is 0.342 e. The quantitative estimate of drug-likeness (QED) is 0.767. The van der Waals surface area contributed by atoms with Gasteiger partial charge in [0.1, 0.15) is 17.9 Å². The van der Waals surface area contributed by atoms with Gasteiger partial charge in [0.25, 0.3) is 0 Å². The van der Waals surface area contributed by atoms with E-state index in [1.165, 1.54) is 30.9 Å². The zero-order chi connectivity index (χ0) is 21.3. The topological polar surface area (TPSA) is 95.7 Å². The molecular weight excluding hydrogens is 378 g/mol. The molecule has 6 nitrogen and oxygen atoms in total. The molecule has 0 unspecified atom stereocenters. The number of sulfonamides is 1. The van der Waals surface area contributed by atoms with Gasteiger partial charge in [-0.1, -0.05) is 32.9 Å². The Hall–Kier alpha value is -2.38. The van der Waals surface area contributed by atoms with Gasteiger partial charge in [0.2, 0.25) is 10.0 Å². The number of hydrogen-bond donors (Lipinski definition) is 1. The second-order valence-electron chi connectivity index (χ2n) is 7.82. The van der Waals surface area contributed by atoms with Crippen molar-refractivity contribution in [1.82, 2.24) is 0 Å². The molecule has 28 heavy (non-hydrogen) atoms. The summed E-state index contributed by atoms with van der Waals surface area (Å²) in [6, 6.07) is 8.02. The third-order valence-corrected chi connectivity index (χ3v) is 5.54. The molecule has 2 aromatic carbocycles. The van der Waals surface area contributed by atoms with E-state index in [4.69, 9.17) is 14.6 Å². The fourth-order valence-electron chi connectivity index (χ4n) is 2.89. The van der Waals surface area contributed by atoms with Crippen LogP contribution in [0.4, 0.5) is 0 Å². The SMILES string of the molecule is COc1ccc(S(N)(=O)=O)cc1C(=O)OCc1c(C)cc(C(C)(C)C)cc1C. The molecule has 0 radical (unpaired) electrons. The van der Waals surface area contributed by atoms with Crippen molar-refractivity contribution < 1.29 is 22.7 Å². The van der Waals surface area contributed by atoms with E-state index in [-0.39, 0.29) is 28.2 Å². The molecule has 0 aliphatic heterocycles. The largest absolute Gasteiger partial charge is 0.496 e. The highest BCUT2D eigenvalue weighted by molar-refractivity contribution is 7.89. The van der Waals surface area contributed by atoms with E-state index in [1.807, 2.05) is 13.8 Å². The number of carbonyl (C=O) groups is 1. The molecule has 0 spiro atoms. The van der Waals surface area contributed by atoms with E-state index in [2.05, 4.69) is 32.9 Å². The number of benzene rings is 2. The Labute approximate surface area is 166 Å². The molecule has 0 aromatic heterocycles. The molecule has 2 rings (SSSR count). The fraction of sp³-hybridized carbons (Fsp3) is 0.381. The molecule has 7 heteroatoms. The van der Waals surface area contributed by atoms with Crippen molar-refractivity contribution in [2.75, 3.05) is 7.11 Å². The summed E-state index contributed by atoms with van der Waals surface area (Å²) in [6.45, 7) is 10.5. The van der Waals surface area contributed by atoms with Crippen LogP contribution in [-0.4, -0.2) is 21.5 Å². The number of hydrogen-bond acceptors (Lipinski definition) is 5. The van der Waals surface area contributed by atoms with Gasteiger partial charge in [0, 0.05) is 0 Å². The molecule has 2 aromatic rings. The van der Waals surface area contributed by atoms with Crippen molar-refractivity contribution in [2.45, 2.75) is 51.5 Å². The first-order valence-electron chi connectivity index (χ1n) is 8.83. The molecule has 0 fully saturated rings. The summed E-state index contributed by atoms with van der Waals surface area (Å²) in [7, 11) is -2.56. The fourth-order valence-corrected chi connectivity index (χ4v) is 3.43. The van der Waals surface area contributed by atoms with Crippen LogP contribution in [0.5, 0.6) is 5.75 Å². The lowest BCUT2D eigenvalue weighted by Crippen LogP contribution is -2.15. The van der Waals surface area contributed by atoms with E-state index < -0.39 is 16.0 Å². The van der Waals surface area contributed by atoms with Gasteiger partial charge in [-0.3, -0.25) is 0 Å². The molecule has 0 aliphatic rings. The van der Waals surface area contributed by atoms with E-state index in [1.54, 1.807) is 0 Å². The number of nitrogens with two attached hydrogens (primary N) is 1. The summed E-state index contributed by atoms with van der Waals surface area (Å²) in [6.07, 6.45) is 0. The van der Waals surface area contributed by atoms with Crippen molar-refractivity contribution in [3.8, 4) is 5.75 Å². The highest BCUT2D eigenvalue weighted by Crippen LogP contribution is 2.28. The Balaban J connectivity index is 2.30. The van der Waals surface area contributed by atoms with Crippen LogP contribution >= 0.6 is 0 Å². The van der Waals surface area contributed by atoms with Crippen molar-refractivity contribution in [3.05, 3.63) is 58.1 Å². The Morgan fingerprint density at radius 1 is 1.07 bits per heavy atom. The van der Waals surface area contributed by atoms with Gasteiger partial charge in [-0.15, -0.1) is 0 Å². The molecule has 0 heterocycles. The number of esters is 1. The van der Waals surface area contributed by atoms with Gasteiger partial charge in [-0.05, 0) is 59.7 Å². The first-order valence-corrected chi connectivity index (χ1v) is 10.4. The Kier molecular flexibility index (Phi) is 6.21. The zero-order valence-corrected chi connectivity index (χ0v) is 17.9. The van der Waals surface area contributed by atoms with Crippen molar-refractivity contribution in [1.29, 1.82) is 0 Å². The highest BCUT2D eigenvalue weighted by atomic mass is 32.2. The van der Waals surface area contributed by atoms with Crippen LogP contribution in [0.1, 0.15) is 53.4 Å². The second kappa shape index (κ2) is 7.93. The lowest BCUT2D eigenvalue weighted by atomic mass is 9.84. The highest BCUT2D eigenvalue weighted by Gasteiger charge is 2.20. The third kappa shape index (κ3) is 4.91. The smallest absolute Gasteiger partial charge is 0.342 e. The molecular formula is C21H27NO5S. The van der Waals surface area contributed by atoms with Crippen LogP contribution in [-0.2, 0) is 26.8 Å². The molecule has 0 saturated carbocycles. The van der Waals surface area contributed by atoms with Crippen LogP contribution < -0.4 is 9.88 Å². The first kappa shape index (κ1) is 21.9. The van der Waals surface area contributed by atoms with Crippen LogP contribution in [0.15, 0.2) is 35.2 Å². The number of methoxy groups -OCH3 is 1. The van der Waals surface area contributed by atoms with Gasteiger partial charge in [0.05, 0.1) is 12.0 Å². The van der Waals surface area contributed by atoms with Crippen LogP contribution in [0.25, 0.3) is 0 Å². The molecule has 0 saturated heterocycles. The number of carbonyl (C=O) groups excluding carboxylic acids is 1. The van der Waals surface area contributed by atoms with Gasteiger partial charge in [-0.25, -0.2) is 18.4 Å². The summed E-state index contributed by atoms with van der Waals surface area (Å²) < 4.78 is 33.8. The van der Waals surface area contributed by atoms with Crippen LogP contribution in [0.2, 0.25) is 0 Å². The van der Waals surface area contributed by atoms with Gasteiger partial charge in [0.15, 0.2) is 0 Å². The van der Waals surface area contributed by atoms with Crippen molar-refractivity contribution in [2.24, 2.45) is 5.14 Å². The van der Waals surface area contributed by atoms with Crippen molar-refractivity contribution in [3.63, 3.8) is 0 Å². The van der Waals surface area contributed by atoms with Crippen LogP contribution in [0, 0.1) is 13.8 Å². The maximum absolute atomic E-state index is 12.6. The number of ether oxygens (including phenoxy) is 2. The van der Waals surface area contributed by atoms with Gasteiger partial charge in [-0.2, -0.15) is 0 Å². The van der Waals surface area contributed by atoms with Crippen molar-refractivity contribution >= 4 is 16.0 Å². The minimum atomic E-state index is -3.95. The average molecular weight is 406 g/mol. The summed E-state index contributed by atoms with van der Waals surface area (Å²) in [5, 5.41) is 5.15. The average Bonchev–Trinajstić information content (AvgIpc) is 2.58. The minimum Gasteiger partial charge on any atom is -0.496 e. The predicted octanol–water partition coefficient (Wildman–Crippen LogP) is 3.61. The molecule has 152 valence electrons. The summed E-state index contributed by atoms with van der Waals surface area (Å²) in [5.74, 6) is -0.463. The molecule has 0 amide bonds.